The average Bonchev–Trinajstić information content (AvgIpc) is 2.85. The minimum absolute atomic E-state index is 0.195. The van der Waals surface area contributed by atoms with Crippen molar-refractivity contribution >= 4 is 23.2 Å². The molecule has 1 aromatic rings. The van der Waals surface area contributed by atoms with Gasteiger partial charge in [-0.25, -0.2) is 4.79 Å². The molecule has 5 heteroatoms. The van der Waals surface area contributed by atoms with Crippen molar-refractivity contribution in [3.8, 4) is 0 Å². The molecule has 110 valence electrons. The van der Waals surface area contributed by atoms with Crippen LogP contribution in [0.15, 0.2) is 12.1 Å². The second-order valence-electron chi connectivity index (χ2n) is 5.42. The van der Waals surface area contributed by atoms with Gasteiger partial charge in [0.2, 0.25) is 0 Å². The van der Waals surface area contributed by atoms with E-state index < -0.39 is 5.97 Å². The molecular weight excluding hydrogens is 274 g/mol. The molecule has 1 heterocycles. The number of rotatable bonds is 4. The molecule has 2 atom stereocenters. The van der Waals surface area contributed by atoms with Gasteiger partial charge in [-0.2, -0.15) is 0 Å². The average molecular weight is 295 g/mol. The van der Waals surface area contributed by atoms with Crippen LogP contribution in [0.2, 0.25) is 0 Å². The Hall–Kier alpha value is -1.36. The molecule has 0 radical (unpaired) electrons. The van der Waals surface area contributed by atoms with E-state index in [1.807, 2.05) is 13.0 Å². The zero-order chi connectivity index (χ0) is 14.5. The molecule has 1 aliphatic carbocycles. The van der Waals surface area contributed by atoms with Crippen LogP contribution in [0, 0.1) is 12.8 Å². The van der Waals surface area contributed by atoms with Crippen LogP contribution in [0.3, 0.4) is 0 Å². The number of nitrogens with one attached hydrogen (secondary N) is 1. The lowest BCUT2D eigenvalue weighted by atomic mass is 9.86. The van der Waals surface area contributed by atoms with Gasteiger partial charge in [-0.3, -0.25) is 4.79 Å². The van der Waals surface area contributed by atoms with E-state index in [0.717, 1.165) is 24.1 Å². The number of thiophene rings is 1. The molecule has 20 heavy (non-hydrogen) atoms. The van der Waals surface area contributed by atoms with Gasteiger partial charge in [0.1, 0.15) is 4.88 Å². The minimum atomic E-state index is -0.421. The first kappa shape index (κ1) is 15.0. The molecule has 1 aromatic heterocycles. The van der Waals surface area contributed by atoms with Crippen molar-refractivity contribution in [3.05, 3.63) is 21.9 Å². The first-order valence-corrected chi connectivity index (χ1v) is 7.91. The lowest BCUT2D eigenvalue weighted by molar-refractivity contribution is -0.125. The molecule has 0 aliphatic heterocycles. The van der Waals surface area contributed by atoms with Crippen LogP contribution in [-0.4, -0.2) is 24.5 Å². The Labute approximate surface area is 123 Å². The summed E-state index contributed by atoms with van der Waals surface area (Å²) in [6, 6.07) is 3.81. The molecule has 4 nitrogen and oxygen atoms in total. The molecule has 0 aromatic carbocycles. The Kier molecular flexibility index (Phi) is 5.17. The highest BCUT2D eigenvalue weighted by atomic mass is 32.1. The van der Waals surface area contributed by atoms with Gasteiger partial charge in [-0.15, -0.1) is 11.3 Å². The molecule has 0 unspecified atom stereocenters. The third-order valence-electron chi connectivity index (χ3n) is 3.73. The summed E-state index contributed by atoms with van der Waals surface area (Å²) in [5.74, 6) is -0.122. The fourth-order valence-corrected chi connectivity index (χ4v) is 3.29. The summed E-state index contributed by atoms with van der Waals surface area (Å²) in [7, 11) is 0. The van der Waals surface area contributed by atoms with Gasteiger partial charge in [0.05, 0.1) is 0 Å². The minimum Gasteiger partial charge on any atom is -0.451 e. The standard InChI is InChI=1S/C15H21NO3S/c1-10-5-3-4-6-12(10)16-14(17)9-19-15(18)13-8-7-11(2)20-13/h7-8,10,12H,3-6,9H2,1-2H3,(H,16,17)/t10-,12-/m0/s1. The summed E-state index contributed by atoms with van der Waals surface area (Å²) >= 11 is 1.38. The van der Waals surface area contributed by atoms with Gasteiger partial charge in [0.15, 0.2) is 6.61 Å². The van der Waals surface area contributed by atoms with Crippen molar-refractivity contribution in [2.24, 2.45) is 5.92 Å². The first-order chi connectivity index (χ1) is 9.56. The van der Waals surface area contributed by atoms with Crippen molar-refractivity contribution in [1.82, 2.24) is 5.32 Å². The molecule has 1 amide bonds. The van der Waals surface area contributed by atoms with E-state index in [0.29, 0.717) is 10.8 Å². The number of amides is 1. The first-order valence-electron chi connectivity index (χ1n) is 7.09. The molecule has 1 N–H and O–H groups in total. The maximum Gasteiger partial charge on any atom is 0.348 e. The molecule has 2 rings (SSSR count). The maximum absolute atomic E-state index is 11.8. The third-order valence-corrected chi connectivity index (χ3v) is 4.71. The second-order valence-corrected chi connectivity index (χ2v) is 6.71. The monoisotopic (exact) mass is 295 g/mol. The quantitative estimate of drug-likeness (QED) is 0.869. The van der Waals surface area contributed by atoms with Crippen LogP contribution in [0.4, 0.5) is 0 Å². The summed E-state index contributed by atoms with van der Waals surface area (Å²) in [6.07, 6.45) is 4.56. The predicted molar refractivity (Wildman–Crippen MR) is 78.9 cm³/mol. The van der Waals surface area contributed by atoms with Gasteiger partial charge in [0.25, 0.3) is 5.91 Å². The van der Waals surface area contributed by atoms with Crippen LogP contribution in [0.1, 0.15) is 47.2 Å². The number of hydrogen-bond donors (Lipinski definition) is 1. The van der Waals surface area contributed by atoms with Gasteiger partial charge in [-0.05, 0) is 37.8 Å². The third kappa shape index (κ3) is 4.07. The molecule has 0 bridgehead atoms. The summed E-state index contributed by atoms with van der Waals surface area (Å²) in [5.41, 5.74) is 0. The van der Waals surface area contributed by atoms with Crippen LogP contribution in [0.25, 0.3) is 0 Å². The van der Waals surface area contributed by atoms with E-state index >= 15 is 0 Å². The van der Waals surface area contributed by atoms with Gasteiger partial charge in [-0.1, -0.05) is 19.8 Å². The second kappa shape index (κ2) is 6.88. The van der Waals surface area contributed by atoms with E-state index in [-0.39, 0.29) is 18.6 Å². The van der Waals surface area contributed by atoms with E-state index in [2.05, 4.69) is 12.2 Å². The van der Waals surface area contributed by atoms with Crippen molar-refractivity contribution in [1.29, 1.82) is 0 Å². The fraction of sp³-hybridized carbons (Fsp3) is 0.600. The lowest BCUT2D eigenvalue weighted by Gasteiger charge is -2.29. The summed E-state index contributed by atoms with van der Waals surface area (Å²) < 4.78 is 5.04. The van der Waals surface area contributed by atoms with Crippen molar-refractivity contribution in [2.75, 3.05) is 6.61 Å². The van der Waals surface area contributed by atoms with Crippen LogP contribution >= 0.6 is 11.3 Å². The smallest absolute Gasteiger partial charge is 0.348 e. The molecular formula is C15H21NO3S. The van der Waals surface area contributed by atoms with Crippen LogP contribution in [-0.2, 0) is 9.53 Å². The fourth-order valence-electron chi connectivity index (χ4n) is 2.53. The Morgan fingerprint density at radius 1 is 1.35 bits per heavy atom. The SMILES string of the molecule is Cc1ccc(C(=O)OCC(=O)N[C@H]2CCCC[C@@H]2C)s1. The number of carbonyl (C=O) groups is 2. The summed E-state index contributed by atoms with van der Waals surface area (Å²) in [4.78, 5) is 25.1. The topological polar surface area (TPSA) is 55.4 Å². The lowest BCUT2D eigenvalue weighted by Crippen LogP contribution is -2.42. The number of hydrogen-bond acceptors (Lipinski definition) is 4. The summed E-state index contributed by atoms with van der Waals surface area (Å²) in [6.45, 7) is 3.89. The van der Waals surface area contributed by atoms with Gasteiger partial charge >= 0.3 is 5.97 Å². The number of aryl methyl sites for hydroxylation is 1. The Bertz CT molecular complexity index is 483. The Morgan fingerprint density at radius 2 is 2.10 bits per heavy atom. The van der Waals surface area contributed by atoms with Gasteiger partial charge in [0, 0.05) is 10.9 Å². The van der Waals surface area contributed by atoms with Crippen molar-refractivity contribution in [3.63, 3.8) is 0 Å². The number of carbonyl (C=O) groups excluding carboxylic acids is 2. The maximum atomic E-state index is 11.8. The van der Waals surface area contributed by atoms with Crippen LogP contribution in [0.5, 0.6) is 0 Å². The normalized spacial score (nSPS) is 22.3. The highest BCUT2D eigenvalue weighted by molar-refractivity contribution is 7.13. The van der Waals surface area contributed by atoms with Crippen molar-refractivity contribution < 1.29 is 14.3 Å². The van der Waals surface area contributed by atoms with E-state index in [1.54, 1.807) is 6.07 Å². The molecule has 1 aliphatic rings. The van der Waals surface area contributed by atoms with Crippen LogP contribution < -0.4 is 5.32 Å². The summed E-state index contributed by atoms with van der Waals surface area (Å²) in [5, 5.41) is 2.97. The Balaban J connectivity index is 1.76. The van der Waals surface area contributed by atoms with E-state index in [1.165, 1.54) is 17.8 Å². The highest BCUT2D eigenvalue weighted by Crippen LogP contribution is 2.23. The number of esters is 1. The van der Waals surface area contributed by atoms with Crippen molar-refractivity contribution in [2.45, 2.75) is 45.6 Å². The zero-order valence-electron chi connectivity index (χ0n) is 12.0. The largest absolute Gasteiger partial charge is 0.451 e. The molecule has 0 spiro atoms. The van der Waals surface area contributed by atoms with E-state index in [4.69, 9.17) is 4.74 Å². The predicted octanol–water partition coefficient (Wildman–Crippen LogP) is 2.91. The number of ether oxygens (including phenoxy) is 1. The molecule has 1 fully saturated rings. The zero-order valence-corrected chi connectivity index (χ0v) is 12.8. The highest BCUT2D eigenvalue weighted by Gasteiger charge is 2.23. The van der Waals surface area contributed by atoms with Gasteiger partial charge < -0.3 is 10.1 Å². The molecule has 0 saturated heterocycles. The van der Waals surface area contributed by atoms with E-state index in [9.17, 15) is 9.59 Å². The Morgan fingerprint density at radius 3 is 2.75 bits per heavy atom. The molecule has 1 saturated carbocycles.